The van der Waals surface area contributed by atoms with Gasteiger partial charge in [-0.05, 0) is 37.6 Å². The number of nitrogens with zero attached hydrogens (tertiary/aromatic N) is 1. The van der Waals surface area contributed by atoms with Crippen LogP contribution in [-0.4, -0.2) is 28.2 Å². The number of hydrogen-bond acceptors (Lipinski definition) is 2. The molecule has 1 saturated carbocycles. The van der Waals surface area contributed by atoms with E-state index in [0.29, 0.717) is 13.0 Å². The van der Waals surface area contributed by atoms with Crippen LogP contribution in [0.25, 0.3) is 0 Å². The fourth-order valence-corrected chi connectivity index (χ4v) is 3.30. The predicted octanol–water partition coefficient (Wildman–Crippen LogP) is 3.73. The first kappa shape index (κ1) is 17.6. The summed E-state index contributed by atoms with van der Waals surface area (Å²) in [4.78, 5) is 14.6. The van der Waals surface area contributed by atoms with E-state index in [4.69, 9.17) is 23.2 Å². The zero-order valence-corrected chi connectivity index (χ0v) is 15.0. The Morgan fingerprint density at radius 1 is 1.23 bits per heavy atom. The van der Waals surface area contributed by atoms with Crippen LogP contribution < -0.4 is 5.32 Å². The molecule has 122 valence electrons. The number of benzene rings is 1. The van der Waals surface area contributed by atoms with Crippen molar-refractivity contribution >= 4 is 29.1 Å². The van der Waals surface area contributed by atoms with Crippen molar-refractivity contribution < 1.29 is 4.79 Å². The van der Waals surface area contributed by atoms with Crippen molar-refractivity contribution in [2.24, 2.45) is 5.41 Å². The fourth-order valence-electron chi connectivity index (χ4n) is 2.59. The quantitative estimate of drug-likeness (QED) is 0.765. The van der Waals surface area contributed by atoms with E-state index in [9.17, 15) is 4.79 Å². The highest BCUT2D eigenvalue weighted by Crippen LogP contribution is 2.63. The third-order valence-electron chi connectivity index (χ3n) is 4.61. The van der Waals surface area contributed by atoms with Crippen LogP contribution in [-0.2, 0) is 17.9 Å². The number of carbonyl (C=O) groups excluding carboxylic acids is 1. The van der Waals surface area contributed by atoms with Gasteiger partial charge in [-0.15, -0.1) is 23.2 Å². The van der Waals surface area contributed by atoms with Gasteiger partial charge >= 0.3 is 0 Å². The van der Waals surface area contributed by atoms with Gasteiger partial charge in [-0.1, -0.05) is 38.1 Å². The maximum absolute atomic E-state index is 12.3. The molecule has 0 heterocycles. The average Bonchev–Trinajstić information content (AvgIpc) is 3.03. The average molecular weight is 343 g/mol. The van der Waals surface area contributed by atoms with E-state index in [1.807, 2.05) is 19.1 Å². The molecule has 0 aromatic heterocycles. The highest BCUT2D eigenvalue weighted by atomic mass is 35.5. The zero-order chi connectivity index (χ0) is 16.4. The lowest BCUT2D eigenvalue weighted by Gasteiger charge is -2.20. The van der Waals surface area contributed by atoms with Crippen LogP contribution in [0.3, 0.4) is 0 Å². The third kappa shape index (κ3) is 3.58. The Hall–Kier alpha value is -0.770. The van der Waals surface area contributed by atoms with Crippen molar-refractivity contribution in [1.29, 1.82) is 0 Å². The van der Waals surface area contributed by atoms with Gasteiger partial charge < -0.3 is 5.32 Å². The van der Waals surface area contributed by atoms with Crippen molar-refractivity contribution in [2.75, 3.05) is 13.1 Å². The Balaban J connectivity index is 2.00. The minimum absolute atomic E-state index is 0.0739. The summed E-state index contributed by atoms with van der Waals surface area (Å²) in [6, 6.07) is 8.21. The Labute approximate surface area is 143 Å². The molecule has 1 aromatic carbocycles. The van der Waals surface area contributed by atoms with Crippen molar-refractivity contribution in [3.8, 4) is 0 Å². The molecule has 0 spiro atoms. The number of amides is 1. The number of nitrogens with one attached hydrogen (secondary N) is 1. The minimum atomic E-state index is -0.919. The second-order valence-electron chi connectivity index (χ2n) is 6.13. The van der Waals surface area contributed by atoms with Crippen LogP contribution in [0.2, 0.25) is 0 Å². The monoisotopic (exact) mass is 342 g/mol. The van der Waals surface area contributed by atoms with Gasteiger partial charge in [-0.2, -0.15) is 0 Å². The maximum Gasteiger partial charge on any atom is 0.229 e. The van der Waals surface area contributed by atoms with Gasteiger partial charge in [0, 0.05) is 13.1 Å². The normalized spacial score (nSPS) is 22.6. The first-order chi connectivity index (χ1) is 10.3. The Morgan fingerprint density at radius 2 is 1.77 bits per heavy atom. The van der Waals surface area contributed by atoms with Crippen LogP contribution >= 0.6 is 23.2 Å². The lowest BCUT2D eigenvalue weighted by molar-refractivity contribution is -0.125. The molecule has 0 radical (unpaired) electrons. The summed E-state index contributed by atoms with van der Waals surface area (Å²) in [5.41, 5.74) is 1.72. The van der Waals surface area contributed by atoms with Crippen molar-refractivity contribution in [2.45, 2.75) is 44.6 Å². The molecule has 1 fully saturated rings. The molecule has 0 bridgehead atoms. The van der Waals surface area contributed by atoms with Crippen LogP contribution in [0, 0.1) is 5.41 Å². The largest absolute Gasteiger partial charge is 0.351 e. The molecule has 1 aromatic rings. The van der Waals surface area contributed by atoms with Crippen LogP contribution in [0.15, 0.2) is 24.3 Å². The van der Waals surface area contributed by atoms with E-state index >= 15 is 0 Å². The van der Waals surface area contributed by atoms with E-state index in [-0.39, 0.29) is 5.91 Å². The van der Waals surface area contributed by atoms with Gasteiger partial charge in [0.1, 0.15) is 4.33 Å². The molecular formula is C17H24Cl2N2O. The van der Waals surface area contributed by atoms with Crippen LogP contribution in [0.5, 0.6) is 0 Å². The predicted molar refractivity (Wildman–Crippen MR) is 92.1 cm³/mol. The summed E-state index contributed by atoms with van der Waals surface area (Å²) in [6.45, 7) is 9.54. The number of carbonyl (C=O) groups is 1. The molecule has 2 rings (SSSR count). The van der Waals surface area contributed by atoms with Gasteiger partial charge in [0.25, 0.3) is 0 Å². The lowest BCUT2D eigenvalue weighted by atomic mass is 10.1. The minimum Gasteiger partial charge on any atom is -0.351 e. The summed E-state index contributed by atoms with van der Waals surface area (Å²) in [6.07, 6.45) is 0.510. The second-order valence-corrected chi connectivity index (χ2v) is 7.61. The number of hydrogen-bond donors (Lipinski definition) is 1. The van der Waals surface area contributed by atoms with Crippen molar-refractivity contribution in [3.05, 3.63) is 35.4 Å². The van der Waals surface area contributed by atoms with E-state index < -0.39 is 9.75 Å². The number of rotatable bonds is 7. The van der Waals surface area contributed by atoms with Gasteiger partial charge in [0.15, 0.2) is 0 Å². The summed E-state index contributed by atoms with van der Waals surface area (Å²) < 4.78 is -0.919. The molecule has 0 aliphatic heterocycles. The second kappa shape index (κ2) is 6.77. The van der Waals surface area contributed by atoms with Gasteiger partial charge in [0.2, 0.25) is 5.91 Å². The molecule has 1 aliphatic carbocycles. The summed E-state index contributed by atoms with van der Waals surface area (Å²) in [5.74, 6) is -0.0739. The number of halogens is 2. The molecule has 5 heteroatoms. The lowest BCUT2D eigenvalue weighted by Crippen LogP contribution is -2.33. The third-order valence-corrected chi connectivity index (χ3v) is 5.71. The molecular weight excluding hydrogens is 319 g/mol. The first-order valence-corrected chi connectivity index (χ1v) is 8.55. The number of alkyl halides is 2. The van der Waals surface area contributed by atoms with E-state index in [2.05, 4.69) is 36.2 Å². The van der Waals surface area contributed by atoms with E-state index in [1.165, 1.54) is 5.56 Å². The Kier molecular flexibility index (Phi) is 5.41. The highest BCUT2D eigenvalue weighted by Gasteiger charge is 2.67. The molecule has 1 amide bonds. The van der Waals surface area contributed by atoms with E-state index in [0.717, 1.165) is 25.2 Å². The molecule has 3 nitrogen and oxygen atoms in total. The topological polar surface area (TPSA) is 32.3 Å². The smallest absolute Gasteiger partial charge is 0.229 e. The Morgan fingerprint density at radius 3 is 2.27 bits per heavy atom. The van der Waals surface area contributed by atoms with E-state index in [1.54, 1.807) is 0 Å². The molecule has 1 unspecified atom stereocenters. The summed E-state index contributed by atoms with van der Waals surface area (Å²) in [5, 5.41) is 2.98. The fraction of sp³-hybridized carbons (Fsp3) is 0.588. The standard InChI is InChI=1S/C17H24Cl2N2O/c1-4-21(5-2)11-14-9-7-6-8-13(14)10-20-15(22)16(3)12-17(16,18)19/h6-9H,4-5,10-12H2,1-3H3,(H,20,22). The molecule has 0 saturated heterocycles. The van der Waals surface area contributed by atoms with Gasteiger partial charge in [-0.25, -0.2) is 0 Å². The molecule has 22 heavy (non-hydrogen) atoms. The summed E-state index contributed by atoms with van der Waals surface area (Å²) in [7, 11) is 0. The zero-order valence-electron chi connectivity index (χ0n) is 13.5. The highest BCUT2D eigenvalue weighted by molar-refractivity contribution is 6.53. The Bertz CT molecular complexity index is 543. The van der Waals surface area contributed by atoms with Gasteiger partial charge in [-0.3, -0.25) is 9.69 Å². The molecule has 1 N–H and O–H groups in total. The SMILES string of the molecule is CCN(CC)Cc1ccccc1CNC(=O)C1(C)CC1(Cl)Cl. The molecule has 1 atom stereocenters. The maximum atomic E-state index is 12.3. The van der Waals surface area contributed by atoms with Crippen LogP contribution in [0.4, 0.5) is 0 Å². The van der Waals surface area contributed by atoms with Crippen molar-refractivity contribution in [3.63, 3.8) is 0 Å². The van der Waals surface area contributed by atoms with Crippen molar-refractivity contribution in [1.82, 2.24) is 10.2 Å². The molecule has 1 aliphatic rings. The first-order valence-electron chi connectivity index (χ1n) is 7.79. The van der Waals surface area contributed by atoms with Crippen LogP contribution in [0.1, 0.15) is 38.3 Å². The summed E-state index contributed by atoms with van der Waals surface area (Å²) >= 11 is 12.1. The van der Waals surface area contributed by atoms with Gasteiger partial charge in [0.05, 0.1) is 5.41 Å².